The van der Waals surface area contributed by atoms with Crippen molar-refractivity contribution in [2.24, 2.45) is 0 Å². The van der Waals surface area contributed by atoms with Crippen LogP contribution in [0.15, 0.2) is 40.9 Å². The molecule has 0 atom stereocenters. The number of hydrogen-bond acceptors (Lipinski definition) is 3. The third-order valence-corrected chi connectivity index (χ3v) is 3.56. The highest BCUT2D eigenvalue weighted by Crippen LogP contribution is 2.24. The molecule has 0 heterocycles. The van der Waals surface area contributed by atoms with Crippen LogP contribution >= 0.6 is 27.5 Å². The first-order valence-electron chi connectivity index (χ1n) is 6.36. The number of halogens is 3. The first kappa shape index (κ1) is 17.2. The SMILES string of the molecule is O=C(CCl)Nc1ccc(O)c(C(=O)Nc2ccc(Br)cc2F)c1. The van der Waals surface area contributed by atoms with Crippen molar-refractivity contribution in [2.45, 2.75) is 0 Å². The van der Waals surface area contributed by atoms with Gasteiger partial charge in [0.05, 0.1) is 11.3 Å². The molecule has 8 heteroatoms. The van der Waals surface area contributed by atoms with Crippen molar-refractivity contribution < 1.29 is 19.1 Å². The van der Waals surface area contributed by atoms with E-state index in [1.165, 1.54) is 30.3 Å². The van der Waals surface area contributed by atoms with Crippen molar-refractivity contribution >= 4 is 50.7 Å². The minimum atomic E-state index is -0.717. The quantitative estimate of drug-likeness (QED) is 0.540. The molecule has 5 nitrogen and oxygen atoms in total. The van der Waals surface area contributed by atoms with Gasteiger partial charge >= 0.3 is 0 Å². The minimum absolute atomic E-state index is 0.0344. The Hall–Kier alpha value is -2.12. The average molecular weight is 402 g/mol. The molecule has 0 aromatic heterocycles. The van der Waals surface area contributed by atoms with Gasteiger partial charge in [-0.1, -0.05) is 15.9 Å². The molecule has 0 saturated carbocycles. The number of nitrogens with one attached hydrogen (secondary N) is 2. The molecule has 0 aliphatic heterocycles. The van der Waals surface area contributed by atoms with Gasteiger partial charge in [0.25, 0.3) is 5.91 Å². The standard InChI is InChI=1S/C15H11BrClFN2O3/c16-8-1-3-12(11(18)5-8)20-15(23)10-6-9(2-4-13(10)21)19-14(22)7-17/h1-6,21H,7H2,(H,19,22)(H,20,23). The summed E-state index contributed by atoms with van der Waals surface area (Å²) in [5, 5.41) is 14.6. The van der Waals surface area contributed by atoms with Crippen molar-refractivity contribution in [1.82, 2.24) is 0 Å². The van der Waals surface area contributed by atoms with Crippen LogP contribution in [0.1, 0.15) is 10.4 Å². The number of alkyl halides is 1. The van der Waals surface area contributed by atoms with E-state index in [1.54, 1.807) is 6.07 Å². The zero-order chi connectivity index (χ0) is 17.0. The van der Waals surface area contributed by atoms with Crippen LogP contribution in [-0.4, -0.2) is 22.8 Å². The van der Waals surface area contributed by atoms with E-state index >= 15 is 0 Å². The fraction of sp³-hybridized carbons (Fsp3) is 0.0667. The molecule has 120 valence electrons. The first-order valence-corrected chi connectivity index (χ1v) is 7.68. The van der Waals surface area contributed by atoms with Crippen LogP contribution in [0.2, 0.25) is 0 Å². The number of benzene rings is 2. The summed E-state index contributed by atoms with van der Waals surface area (Å²) < 4.78 is 14.3. The van der Waals surface area contributed by atoms with E-state index in [9.17, 15) is 19.1 Å². The maximum absolute atomic E-state index is 13.7. The third kappa shape index (κ3) is 4.43. The highest BCUT2D eigenvalue weighted by atomic mass is 79.9. The monoisotopic (exact) mass is 400 g/mol. The van der Waals surface area contributed by atoms with E-state index in [2.05, 4.69) is 26.6 Å². The fourth-order valence-corrected chi connectivity index (χ4v) is 2.17. The van der Waals surface area contributed by atoms with Crippen LogP contribution in [0.25, 0.3) is 0 Å². The van der Waals surface area contributed by atoms with Crippen LogP contribution in [-0.2, 0) is 4.79 Å². The molecule has 0 unspecified atom stereocenters. The molecule has 0 saturated heterocycles. The molecular weight excluding hydrogens is 391 g/mol. The van der Waals surface area contributed by atoms with Gasteiger partial charge in [-0.15, -0.1) is 11.6 Å². The average Bonchev–Trinajstić information content (AvgIpc) is 2.51. The van der Waals surface area contributed by atoms with Gasteiger partial charge in [0.1, 0.15) is 17.4 Å². The number of carbonyl (C=O) groups excluding carboxylic acids is 2. The van der Waals surface area contributed by atoms with E-state index in [0.717, 1.165) is 0 Å². The van der Waals surface area contributed by atoms with Gasteiger partial charge in [-0.2, -0.15) is 0 Å². The van der Waals surface area contributed by atoms with Crippen LogP contribution < -0.4 is 10.6 Å². The molecule has 2 aromatic carbocycles. The van der Waals surface area contributed by atoms with E-state index in [1.807, 2.05) is 0 Å². The van der Waals surface area contributed by atoms with Gasteiger partial charge in [-0.25, -0.2) is 4.39 Å². The maximum Gasteiger partial charge on any atom is 0.259 e. The molecule has 3 N–H and O–H groups in total. The van der Waals surface area contributed by atoms with Crippen molar-refractivity contribution in [2.75, 3.05) is 16.5 Å². The predicted molar refractivity (Wildman–Crippen MR) is 89.5 cm³/mol. The normalized spacial score (nSPS) is 10.2. The number of aromatic hydroxyl groups is 1. The number of rotatable bonds is 4. The van der Waals surface area contributed by atoms with Crippen molar-refractivity contribution in [1.29, 1.82) is 0 Å². The van der Waals surface area contributed by atoms with Gasteiger partial charge in [0.2, 0.25) is 5.91 Å². The highest BCUT2D eigenvalue weighted by Gasteiger charge is 2.15. The molecule has 0 radical (unpaired) electrons. The molecular formula is C15H11BrClFN2O3. The van der Waals surface area contributed by atoms with E-state index in [4.69, 9.17) is 11.6 Å². The molecule has 2 rings (SSSR count). The number of amides is 2. The first-order chi connectivity index (χ1) is 10.9. The Labute approximate surface area is 144 Å². The Morgan fingerprint density at radius 3 is 2.57 bits per heavy atom. The summed E-state index contributed by atoms with van der Waals surface area (Å²) >= 11 is 8.50. The predicted octanol–water partition coefficient (Wildman–Crippen LogP) is 3.72. The Morgan fingerprint density at radius 1 is 1.17 bits per heavy atom. The summed E-state index contributed by atoms with van der Waals surface area (Å²) in [5.41, 5.74) is 0.141. The molecule has 23 heavy (non-hydrogen) atoms. The number of anilines is 2. The molecule has 0 bridgehead atoms. The second kappa shape index (κ2) is 7.43. The number of hydrogen-bond donors (Lipinski definition) is 3. The molecule has 0 spiro atoms. The van der Waals surface area contributed by atoms with Gasteiger partial charge in [-0.3, -0.25) is 9.59 Å². The lowest BCUT2D eigenvalue weighted by atomic mass is 10.1. The maximum atomic E-state index is 13.7. The lowest BCUT2D eigenvalue weighted by molar-refractivity contribution is -0.113. The minimum Gasteiger partial charge on any atom is -0.507 e. The van der Waals surface area contributed by atoms with E-state index in [-0.39, 0.29) is 28.6 Å². The number of phenolic OH excluding ortho intramolecular Hbond substituents is 1. The largest absolute Gasteiger partial charge is 0.507 e. The van der Waals surface area contributed by atoms with Gasteiger partial charge in [-0.05, 0) is 36.4 Å². The molecule has 0 aliphatic carbocycles. The lowest BCUT2D eigenvalue weighted by Gasteiger charge is -2.10. The number of carbonyl (C=O) groups is 2. The third-order valence-electron chi connectivity index (χ3n) is 2.83. The fourth-order valence-electron chi connectivity index (χ4n) is 1.77. The molecule has 2 aromatic rings. The summed E-state index contributed by atoms with van der Waals surface area (Å²) in [6.07, 6.45) is 0. The summed E-state index contributed by atoms with van der Waals surface area (Å²) in [5.74, 6) is -2.34. The molecule has 2 amide bonds. The molecule has 0 aliphatic rings. The van der Waals surface area contributed by atoms with Crippen LogP contribution in [0.4, 0.5) is 15.8 Å². The zero-order valence-corrected chi connectivity index (χ0v) is 13.9. The number of phenols is 1. The summed E-state index contributed by atoms with van der Waals surface area (Å²) in [6.45, 7) is 0. The lowest BCUT2D eigenvalue weighted by Crippen LogP contribution is -2.15. The highest BCUT2D eigenvalue weighted by molar-refractivity contribution is 9.10. The van der Waals surface area contributed by atoms with Gasteiger partial charge in [0.15, 0.2) is 0 Å². The molecule has 0 fully saturated rings. The van der Waals surface area contributed by atoms with E-state index in [0.29, 0.717) is 4.47 Å². The van der Waals surface area contributed by atoms with Crippen molar-refractivity contribution in [3.8, 4) is 5.75 Å². The second-order valence-electron chi connectivity index (χ2n) is 4.49. The van der Waals surface area contributed by atoms with E-state index < -0.39 is 17.6 Å². The van der Waals surface area contributed by atoms with Gasteiger partial charge in [0, 0.05) is 10.2 Å². The van der Waals surface area contributed by atoms with Crippen LogP contribution in [0.5, 0.6) is 5.75 Å². The Bertz CT molecular complexity index is 770. The smallest absolute Gasteiger partial charge is 0.259 e. The summed E-state index contributed by atoms with van der Waals surface area (Å²) in [6, 6.07) is 8.08. The van der Waals surface area contributed by atoms with Crippen molar-refractivity contribution in [3.05, 3.63) is 52.3 Å². The Kier molecular flexibility index (Phi) is 5.57. The summed E-state index contributed by atoms with van der Waals surface area (Å²) in [7, 11) is 0. The van der Waals surface area contributed by atoms with Gasteiger partial charge < -0.3 is 15.7 Å². The van der Waals surface area contributed by atoms with Crippen LogP contribution in [0, 0.1) is 5.82 Å². The topological polar surface area (TPSA) is 78.4 Å². The Morgan fingerprint density at radius 2 is 1.91 bits per heavy atom. The summed E-state index contributed by atoms with van der Waals surface area (Å²) in [4.78, 5) is 23.4. The van der Waals surface area contributed by atoms with Crippen LogP contribution in [0.3, 0.4) is 0 Å². The van der Waals surface area contributed by atoms with Crippen molar-refractivity contribution in [3.63, 3.8) is 0 Å². The Balaban J connectivity index is 2.24. The zero-order valence-electron chi connectivity index (χ0n) is 11.6. The second-order valence-corrected chi connectivity index (χ2v) is 5.67.